The van der Waals surface area contributed by atoms with Crippen LogP contribution in [0.2, 0.25) is 0 Å². The number of hydrogen-bond acceptors (Lipinski definition) is 13. The van der Waals surface area contributed by atoms with Gasteiger partial charge in [0, 0.05) is 28.9 Å². The molecular weight excluding hydrogens is 736 g/mol. The van der Waals surface area contributed by atoms with Gasteiger partial charge in [-0.3, -0.25) is 24.0 Å². The lowest BCUT2D eigenvalue weighted by Crippen LogP contribution is -2.61. The lowest BCUT2D eigenvalue weighted by Gasteiger charge is -2.62. The molecule has 6 aliphatic rings. The van der Waals surface area contributed by atoms with Crippen molar-refractivity contribution in [2.75, 3.05) is 14.2 Å². The number of carbonyl (C=O) groups excluding carboxylic acids is 5. The summed E-state index contributed by atoms with van der Waals surface area (Å²) in [4.78, 5) is 62.8. The summed E-state index contributed by atoms with van der Waals surface area (Å²) >= 11 is 0. The largest absolute Gasteiger partial charge is 0.472 e. The van der Waals surface area contributed by atoms with Crippen LogP contribution in [0.3, 0.4) is 0 Å². The molecule has 13 heteroatoms. The van der Waals surface area contributed by atoms with Crippen LogP contribution in [0.25, 0.3) is 0 Å². The number of hydrogen-bond donors (Lipinski definition) is 1. The summed E-state index contributed by atoms with van der Waals surface area (Å²) in [6.45, 7) is 9.80. The van der Waals surface area contributed by atoms with Crippen molar-refractivity contribution in [3.05, 3.63) is 60.0 Å². The van der Waals surface area contributed by atoms with Crippen molar-refractivity contribution in [2.45, 2.75) is 117 Å². The molecule has 310 valence electrons. The molecule has 0 aromatic carbocycles. The van der Waals surface area contributed by atoms with Gasteiger partial charge in [0.25, 0.3) is 0 Å². The molecule has 1 unspecified atom stereocenters. The Balaban J connectivity index is 0.000000175. The maximum absolute atomic E-state index is 13.0. The highest BCUT2D eigenvalue weighted by Gasteiger charge is 2.65. The van der Waals surface area contributed by atoms with E-state index in [1.807, 2.05) is 18.2 Å². The molecule has 57 heavy (non-hydrogen) atoms. The smallest absolute Gasteiger partial charge is 0.310 e. The zero-order chi connectivity index (χ0) is 41.1. The molecule has 2 aromatic rings. The average molecular weight is 793 g/mol. The normalized spacial score (nSPS) is 40.8. The molecule has 2 saturated heterocycles. The molecule has 1 N–H and O–H groups in total. The Morgan fingerprint density at radius 2 is 1.32 bits per heavy atom. The van der Waals surface area contributed by atoms with E-state index in [2.05, 4.69) is 27.7 Å². The molecule has 0 radical (unpaired) electrons. The molecule has 8 rings (SSSR count). The van der Waals surface area contributed by atoms with Crippen LogP contribution in [0.15, 0.2) is 57.7 Å². The van der Waals surface area contributed by atoms with Crippen molar-refractivity contribution in [3.8, 4) is 0 Å². The number of carbonyl (C=O) groups is 5. The summed E-state index contributed by atoms with van der Waals surface area (Å²) in [6.07, 6.45) is 11.8. The van der Waals surface area contributed by atoms with Gasteiger partial charge in [0.2, 0.25) is 0 Å². The number of aliphatic hydroxyl groups is 1. The number of ether oxygens (including phenoxy) is 5. The molecule has 2 aromatic heterocycles. The van der Waals surface area contributed by atoms with E-state index >= 15 is 0 Å². The number of rotatable bonds is 5. The maximum atomic E-state index is 13.0. The fourth-order valence-electron chi connectivity index (χ4n) is 12.3. The summed E-state index contributed by atoms with van der Waals surface area (Å²) in [5.41, 5.74) is 1.01. The van der Waals surface area contributed by atoms with Crippen molar-refractivity contribution in [1.29, 1.82) is 0 Å². The molecule has 2 aliphatic heterocycles. The van der Waals surface area contributed by atoms with E-state index in [4.69, 9.17) is 32.5 Å². The molecule has 4 aliphatic carbocycles. The zero-order valence-corrected chi connectivity index (χ0v) is 33.9. The Bertz CT molecular complexity index is 1880. The minimum absolute atomic E-state index is 0.00759. The first-order valence-corrected chi connectivity index (χ1v) is 20.2. The van der Waals surface area contributed by atoms with Crippen molar-refractivity contribution in [2.24, 2.45) is 51.2 Å². The van der Waals surface area contributed by atoms with Gasteiger partial charge in [0.05, 0.1) is 69.0 Å². The Labute approximate surface area is 333 Å². The van der Waals surface area contributed by atoms with Crippen LogP contribution in [0, 0.1) is 51.2 Å². The highest BCUT2D eigenvalue weighted by atomic mass is 16.6. The second-order valence-electron chi connectivity index (χ2n) is 18.2. The number of fused-ring (bicyclic) bond motifs is 6. The van der Waals surface area contributed by atoms with Crippen molar-refractivity contribution in [3.63, 3.8) is 0 Å². The Kier molecular flexibility index (Phi) is 10.8. The molecule has 5 fully saturated rings. The summed E-state index contributed by atoms with van der Waals surface area (Å²) in [7, 11) is 2.78. The lowest BCUT2D eigenvalue weighted by molar-refractivity contribution is -0.213. The van der Waals surface area contributed by atoms with Gasteiger partial charge in [0.15, 0.2) is 0 Å². The quantitative estimate of drug-likeness (QED) is 0.186. The van der Waals surface area contributed by atoms with E-state index in [1.165, 1.54) is 21.1 Å². The van der Waals surface area contributed by atoms with Gasteiger partial charge >= 0.3 is 29.8 Å². The second-order valence-corrected chi connectivity index (χ2v) is 18.2. The predicted molar refractivity (Wildman–Crippen MR) is 200 cm³/mol. The van der Waals surface area contributed by atoms with Gasteiger partial charge in [-0.05, 0) is 86.7 Å². The summed E-state index contributed by atoms with van der Waals surface area (Å²) in [5.74, 6) is -2.64. The topological polar surface area (TPSA) is 178 Å². The van der Waals surface area contributed by atoms with Crippen LogP contribution in [-0.4, -0.2) is 61.4 Å². The van der Waals surface area contributed by atoms with Crippen LogP contribution in [0.1, 0.15) is 116 Å². The van der Waals surface area contributed by atoms with Crippen molar-refractivity contribution < 1.29 is 61.6 Å². The summed E-state index contributed by atoms with van der Waals surface area (Å²) in [5, 5.41) is 10.5. The third-order valence-electron chi connectivity index (χ3n) is 15.2. The first kappa shape index (κ1) is 40.8. The van der Waals surface area contributed by atoms with Crippen LogP contribution in [0.4, 0.5) is 0 Å². The Morgan fingerprint density at radius 3 is 1.89 bits per heavy atom. The van der Waals surface area contributed by atoms with Gasteiger partial charge in [0.1, 0.15) is 18.3 Å². The molecule has 0 spiro atoms. The van der Waals surface area contributed by atoms with Gasteiger partial charge in [-0.2, -0.15) is 0 Å². The molecule has 4 heterocycles. The molecule has 13 atom stereocenters. The highest BCUT2D eigenvalue weighted by Crippen LogP contribution is 2.67. The van der Waals surface area contributed by atoms with E-state index < -0.39 is 34.4 Å². The maximum Gasteiger partial charge on any atom is 0.310 e. The van der Waals surface area contributed by atoms with E-state index in [9.17, 15) is 29.1 Å². The molecule has 3 saturated carbocycles. The van der Waals surface area contributed by atoms with Crippen LogP contribution in [-0.2, 0) is 47.7 Å². The second kappa shape index (κ2) is 15.1. The Morgan fingerprint density at radius 1 is 0.737 bits per heavy atom. The van der Waals surface area contributed by atoms with Gasteiger partial charge in [-0.25, -0.2) is 0 Å². The minimum atomic E-state index is -0.724. The third-order valence-corrected chi connectivity index (χ3v) is 15.2. The number of methoxy groups -OCH3 is 2. The summed E-state index contributed by atoms with van der Waals surface area (Å²) < 4.78 is 37.7. The molecule has 0 amide bonds. The number of cyclic esters (lactones) is 2. The van der Waals surface area contributed by atoms with Crippen LogP contribution >= 0.6 is 0 Å². The SMILES string of the molecule is COC(=O)[C@@H]1C[C@H](O)C=C2[C@@]1(C)CC[C@H]1C(=O)O[C@H](c3ccoc3)C[C@]21C.COC(=O)[C@@H]1C[C@H](OC(C)=O)CC2[C@@]1(C)CC[C@H]1C(=O)O[C@H](c3ccoc3)C[C@]21C. The predicted octanol–water partition coefficient (Wildman–Crippen LogP) is 6.99. The van der Waals surface area contributed by atoms with E-state index in [1.54, 1.807) is 25.1 Å². The third kappa shape index (κ3) is 6.91. The minimum Gasteiger partial charge on any atom is -0.472 e. The first-order chi connectivity index (χ1) is 27.0. The average Bonchev–Trinajstić information content (AvgIpc) is 3.91. The summed E-state index contributed by atoms with van der Waals surface area (Å²) in [6, 6.07) is 3.63. The number of aliphatic hydroxyl groups excluding tert-OH is 1. The van der Waals surface area contributed by atoms with Gasteiger partial charge in [-0.1, -0.05) is 39.3 Å². The van der Waals surface area contributed by atoms with Crippen molar-refractivity contribution >= 4 is 29.8 Å². The monoisotopic (exact) mass is 792 g/mol. The number of allylic oxidation sites excluding steroid dienone is 1. The van der Waals surface area contributed by atoms with E-state index in [-0.39, 0.29) is 71.1 Å². The number of furan rings is 2. The highest BCUT2D eigenvalue weighted by molar-refractivity contribution is 5.79. The fourth-order valence-corrected chi connectivity index (χ4v) is 12.3. The fraction of sp³-hybridized carbons (Fsp3) is 0.659. The van der Waals surface area contributed by atoms with Gasteiger partial charge < -0.3 is 37.6 Å². The van der Waals surface area contributed by atoms with Gasteiger partial charge in [-0.15, -0.1) is 0 Å². The Hall–Kier alpha value is -4.39. The molecular formula is C44H56O13. The molecule has 13 nitrogen and oxygen atoms in total. The lowest BCUT2D eigenvalue weighted by atomic mass is 9.43. The first-order valence-electron chi connectivity index (χ1n) is 20.2. The zero-order valence-electron chi connectivity index (χ0n) is 33.9. The van der Waals surface area contributed by atoms with Crippen LogP contribution < -0.4 is 0 Å². The number of esters is 5. The molecule has 0 bridgehead atoms. The van der Waals surface area contributed by atoms with Crippen molar-refractivity contribution in [1.82, 2.24) is 0 Å². The van der Waals surface area contributed by atoms with E-state index in [0.29, 0.717) is 51.4 Å². The van der Waals surface area contributed by atoms with Crippen LogP contribution in [0.5, 0.6) is 0 Å². The van der Waals surface area contributed by atoms with E-state index in [0.717, 1.165) is 23.1 Å². The standard InChI is InChI=1S/C23H30O7.C21H26O6/c1-13(24)29-15-9-17(20(25)27-4)22(2)7-5-16-21(26)30-18(14-6-8-28-12-14)11-23(16,3)19(22)10-15;1-20-6-4-14-19(24)27-16(12-5-7-26-11-12)10-21(14,2)17(20)9-13(22)8-15(20)18(23)25-3/h6,8,12,15-19H,5,7,9-11H2,1-4H3;5,7,9,11,13-16,22H,4,6,8,10H2,1-3H3/t15-,16-,17-,18-,19?,22-,23-;13-,14-,15-,16-,20-,21-/m00/s1.